The normalized spacial score (nSPS) is 10.8. The number of nitrogens with one attached hydrogen (secondary N) is 1. The summed E-state index contributed by atoms with van der Waals surface area (Å²) < 4.78 is 1.12. The predicted molar refractivity (Wildman–Crippen MR) is 70.7 cm³/mol. The molecule has 0 aliphatic heterocycles. The standard InChI is InChI=1S/C12H16N4O2/c1-3-15(4-2)12(18)16-10-7-8(13)5-6-9(10)14-11(16)17/h5-7H,3-4,13H2,1-2H3,(H,14,17). The van der Waals surface area contributed by atoms with Crippen molar-refractivity contribution < 1.29 is 4.79 Å². The van der Waals surface area contributed by atoms with E-state index in [1.165, 1.54) is 0 Å². The van der Waals surface area contributed by atoms with Crippen LogP contribution in [-0.2, 0) is 0 Å². The van der Waals surface area contributed by atoms with Gasteiger partial charge in [-0.05, 0) is 32.0 Å². The van der Waals surface area contributed by atoms with Crippen LogP contribution in [0.2, 0.25) is 0 Å². The maximum atomic E-state index is 12.2. The summed E-state index contributed by atoms with van der Waals surface area (Å²) in [4.78, 5) is 28.3. The lowest BCUT2D eigenvalue weighted by molar-refractivity contribution is 0.205. The average Bonchev–Trinajstić information content (AvgIpc) is 2.65. The van der Waals surface area contributed by atoms with Gasteiger partial charge in [0.2, 0.25) is 0 Å². The Kier molecular flexibility index (Phi) is 3.10. The Morgan fingerprint density at radius 2 is 2.06 bits per heavy atom. The van der Waals surface area contributed by atoms with Crippen molar-refractivity contribution in [3.63, 3.8) is 0 Å². The number of nitrogen functional groups attached to an aromatic ring is 1. The number of benzene rings is 1. The van der Waals surface area contributed by atoms with Crippen molar-refractivity contribution in [3.05, 3.63) is 28.7 Å². The van der Waals surface area contributed by atoms with Crippen LogP contribution in [0.1, 0.15) is 13.8 Å². The molecule has 2 rings (SSSR count). The molecule has 0 aliphatic carbocycles. The lowest BCUT2D eigenvalue weighted by Gasteiger charge is -2.18. The van der Waals surface area contributed by atoms with E-state index in [1.807, 2.05) is 13.8 Å². The first-order valence-electron chi connectivity index (χ1n) is 5.88. The Hall–Kier alpha value is -2.24. The molecule has 0 radical (unpaired) electrons. The SMILES string of the molecule is CCN(CC)C(=O)n1c(=O)[nH]c2ccc(N)cc21. The molecule has 1 aromatic carbocycles. The maximum absolute atomic E-state index is 12.2. The molecule has 0 unspecified atom stereocenters. The largest absolute Gasteiger partial charge is 0.399 e. The summed E-state index contributed by atoms with van der Waals surface area (Å²) >= 11 is 0. The van der Waals surface area contributed by atoms with Gasteiger partial charge in [0, 0.05) is 18.8 Å². The monoisotopic (exact) mass is 248 g/mol. The summed E-state index contributed by atoms with van der Waals surface area (Å²) in [5, 5.41) is 0. The average molecular weight is 248 g/mol. The molecule has 6 heteroatoms. The van der Waals surface area contributed by atoms with E-state index in [-0.39, 0.29) is 6.03 Å². The van der Waals surface area contributed by atoms with E-state index < -0.39 is 5.69 Å². The zero-order valence-corrected chi connectivity index (χ0v) is 10.4. The molecule has 96 valence electrons. The maximum Gasteiger partial charge on any atom is 0.334 e. The molecule has 18 heavy (non-hydrogen) atoms. The number of rotatable bonds is 2. The Morgan fingerprint density at radius 3 is 2.67 bits per heavy atom. The Bertz CT molecular complexity index is 637. The lowest BCUT2D eigenvalue weighted by atomic mass is 10.3. The third-order valence-electron chi connectivity index (χ3n) is 2.93. The van der Waals surface area contributed by atoms with Gasteiger partial charge < -0.3 is 15.6 Å². The number of hydrogen-bond donors (Lipinski definition) is 2. The number of aromatic nitrogens is 2. The number of carbonyl (C=O) groups is 1. The van der Waals surface area contributed by atoms with Gasteiger partial charge in [0.25, 0.3) is 0 Å². The van der Waals surface area contributed by atoms with Gasteiger partial charge in [0.05, 0.1) is 11.0 Å². The smallest absolute Gasteiger partial charge is 0.334 e. The van der Waals surface area contributed by atoms with E-state index in [2.05, 4.69) is 4.98 Å². The van der Waals surface area contributed by atoms with Crippen LogP contribution in [0.5, 0.6) is 0 Å². The second-order valence-electron chi connectivity index (χ2n) is 4.00. The van der Waals surface area contributed by atoms with E-state index >= 15 is 0 Å². The highest BCUT2D eigenvalue weighted by Gasteiger charge is 2.18. The van der Waals surface area contributed by atoms with Crippen molar-refractivity contribution in [1.82, 2.24) is 14.5 Å². The summed E-state index contributed by atoms with van der Waals surface area (Å²) in [5.74, 6) is 0. The Morgan fingerprint density at radius 1 is 1.39 bits per heavy atom. The molecule has 6 nitrogen and oxygen atoms in total. The van der Waals surface area contributed by atoms with Gasteiger partial charge >= 0.3 is 11.7 Å². The molecule has 1 heterocycles. The van der Waals surface area contributed by atoms with Gasteiger partial charge in [-0.3, -0.25) is 0 Å². The second-order valence-corrected chi connectivity index (χ2v) is 4.00. The Balaban J connectivity index is 2.63. The predicted octanol–water partition coefficient (Wildman–Crippen LogP) is 1.22. The molecule has 0 bridgehead atoms. The first kappa shape index (κ1) is 12.2. The van der Waals surface area contributed by atoms with Crippen molar-refractivity contribution >= 4 is 22.8 Å². The van der Waals surface area contributed by atoms with Gasteiger partial charge in [0.1, 0.15) is 0 Å². The minimum absolute atomic E-state index is 0.332. The molecule has 1 amide bonds. The van der Waals surface area contributed by atoms with Gasteiger partial charge in [0.15, 0.2) is 0 Å². The van der Waals surface area contributed by atoms with Crippen LogP contribution in [0.25, 0.3) is 11.0 Å². The van der Waals surface area contributed by atoms with Crippen LogP contribution in [0.3, 0.4) is 0 Å². The van der Waals surface area contributed by atoms with E-state index in [0.717, 1.165) is 4.57 Å². The second kappa shape index (κ2) is 4.56. The first-order chi connectivity index (χ1) is 8.58. The summed E-state index contributed by atoms with van der Waals surface area (Å²) in [5.41, 5.74) is 6.89. The van der Waals surface area contributed by atoms with Gasteiger partial charge in [-0.1, -0.05) is 0 Å². The van der Waals surface area contributed by atoms with E-state index in [4.69, 9.17) is 5.73 Å². The van der Waals surface area contributed by atoms with Crippen LogP contribution in [0, 0.1) is 0 Å². The number of aromatic amines is 1. The number of hydrogen-bond acceptors (Lipinski definition) is 3. The molecule has 1 aromatic heterocycles. The molecule has 0 saturated heterocycles. The number of nitrogens with zero attached hydrogens (tertiary/aromatic N) is 2. The summed E-state index contributed by atoms with van der Waals surface area (Å²) in [6.45, 7) is 4.85. The van der Waals surface area contributed by atoms with Crippen molar-refractivity contribution in [2.75, 3.05) is 18.8 Å². The van der Waals surface area contributed by atoms with Crippen LogP contribution < -0.4 is 11.4 Å². The zero-order valence-electron chi connectivity index (χ0n) is 10.4. The third kappa shape index (κ3) is 1.85. The van der Waals surface area contributed by atoms with Crippen LogP contribution in [0.4, 0.5) is 10.5 Å². The summed E-state index contributed by atoms with van der Waals surface area (Å²) in [6, 6.07) is 4.67. The first-order valence-corrected chi connectivity index (χ1v) is 5.88. The van der Waals surface area contributed by atoms with E-state index in [9.17, 15) is 9.59 Å². The number of H-pyrrole nitrogens is 1. The zero-order chi connectivity index (χ0) is 13.3. The fourth-order valence-corrected chi connectivity index (χ4v) is 1.95. The molecule has 0 spiro atoms. The van der Waals surface area contributed by atoms with Gasteiger partial charge in [-0.25, -0.2) is 14.2 Å². The number of fused-ring (bicyclic) bond motifs is 1. The fourth-order valence-electron chi connectivity index (χ4n) is 1.95. The molecule has 0 atom stereocenters. The Labute approximate surface area is 104 Å². The van der Waals surface area contributed by atoms with Crippen LogP contribution in [-0.4, -0.2) is 33.6 Å². The van der Waals surface area contributed by atoms with Crippen molar-refractivity contribution in [2.24, 2.45) is 0 Å². The molecular weight excluding hydrogens is 232 g/mol. The number of imidazole rings is 1. The fraction of sp³-hybridized carbons (Fsp3) is 0.333. The van der Waals surface area contributed by atoms with Crippen molar-refractivity contribution in [1.29, 1.82) is 0 Å². The van der Waals surface area contributed by atoms with E-state index in [0.29, 0.717) is 29.8 Å². The minimum Gasteiger partial charge on any atom is -0.399 e. The minimum atomic E-state index is -0.437. The quantitative estimate of drug-likeness (QED) is 0.784. The van der Waals surface area contributed by atoms with Crippen molar-refractivity contribution in [2.45, 2.75) is 13.8 Å². The third-order valence-corrected chi connectivity index (χ3v) is 2.93. The molecule has 3 N–H and O–H groups in total. The number of anilines is 1. The molecule has 0 saturated carbocycles. The number of nitrogens with two attached hydrogens (primary N) is 1. The highest BCUT2D eigenvalue weighted by molar-refractivity contribution is 5.90. The number of carbonyl (C=O) groups excluding carboxylic acids is 1. The molecule has 2 aromatic rings. The highest BCUT2D eigenvalue weighted by Crippen LogP contribution is 2.14. The van der Waals surface area contributed by atoms with Gasteiger partial charge in [-0.15, -0.1) is 0 Å². The highest BCUT2D eigenvalue weighted by atomic mass is 16.2. The lowest BCUT2D eigenvalue weighted by Crippen LogP contribution is -2.38. The van der Waals surface area contributed by atoms with E-state index in [1.54, 1.807) is 23.1 Å². The summed E-state index contributed by atoms with van der Waals surface area (Å²) in [6.07, 6.45) is 0. The van der Waals surface area contributed by atoms with Gasteiger partial charge in [-0.2, -0.15) is 0 Å². The molecular formula is C12H16N4O2. The van der Waals surface area contributed by atoms with Crippen molar-refractivity contribution in [3.8, 4) is 0 Å². The number of amides is 1. The molecule has 0 fully saturated rings. The topological polar surface area (TPSA) is 84.1 Å². The molecule has 0 aliphatic rings. The summed E-state index contributed by atoms with van der Waals surface area (Å²) in [7, 11) is 0. The van der Waals surface area contributed by atoms with Crippen LogP contribution in [0.15, 0.2) is 23.0 Å². The van der Waals surface area contributed by atoms with Crippen LogP contribution >= 0.6 is 0 Å².